The summed E-state index contributed by atoms with van der Waals surface area (Å²) in [5.74, 6) is -0.675. The van der Waals surface area contributed by atoms with Crippen molar-refractivity contribution in [2.24, 2.45) is 11.5 Å². The number of hydrogen-bond acceptors (Lipinski definition) is 5. The first-order chi connectivity index (χ1) is 7.91. The molecule has 0 aliphatic rings. The molecule has 1 aromatic heterocycles. The Hall–Kier alpha value is -0.960. The fraction of sp³-hybridized carbons (Fsp3) is 0.444. The van der Waals surface area contributed by atoms with Crippen molar-refractivity contribution < 1.29 is 13.2 Å². The van der Waals surface area contributed by atoms with Gasteiger partial charge >= 0.3 is 0 Å². The topological polar surface area (TPSA) is 106 Å². The second-order valence-corrected chi connectivity index (χ2v) is 6.66. The van der Waals surface area contributed by atoms with Gasteiger partial charge in [0.15, 0.2) is 0 Å². The van der Waals surface area contributed by atoms with Crippen LogP contribution < -0.4 is 11.5 Å². The van der Waals surface area contributed by atoms with E-state index in [9.17, 15) is 13.2 Å². The third-order valence-electron chi connectivity index (χ3n) is 2.12. The predicted molar refractivity (Wildman–Crippen MR) is 65.8 cm³/mol. The molecule has 0 saturated heterocycles. The molecule has 4 N–H and O–H groups in total. The lowest BCUT2D eigenvalue weighted by Gasteiger charge is -2.17. The maximum Gasteiger partial charge on any atom is 0.253 e. The number of primary amides is 1. The van der Waals surface area contributed by atoms with Crippen molar-refractivity contribution in [3.63, 3.8) is 0 Å². The van der Waals surface area contributed by atoms with Gasteiger partial charge in [0, 0.05) is 18.0 Å². The molecule has 17 heavy (non-hydrogen) atoms. The fourth-order valence-corrected chi connectivity index (χ4v) is 4.08. The van der Waals surface area contributed by atoms with Gasteiger partial charge in [0.1, 0.15) is 4.21 Å². The van der Waals surface area contributed by atoms with E-state index < -0.39 is 15.9 Å². The van der Waals surface area contributed by atoms with Crippen LogP contribution in [0.25, 0.3) is 0 Å². The van der Waals surface area contributed by atoms with Gasteiger partial charge < -0.3 is 11.5 Å². The highest BCUT2D eigenvalue weighted by molar-refractivity contribution is 7.91. The summed E-state index contributed by atoms with van der Waals surface area (Å²) in [6.45, 7) is 1.83. The Morgan fingerprint density at radius 2 is 2.12 bits per heavy atom. The van der Waals surface area contributed by atoms with E-state index in [1.54, 1.807) is 13.0 Å². The van der Waals surface area contributed by atoms with Crippen LogP contribution in [-0.4, -0.2) is 31.7 Å². The fourth-order valence-electron chi connectivity index (χ4n) is 1.27. The average Bonchev–Trinajstić information content (AvgIpc) is 2.74. The quantitative estimate of drug-likeness (QED) is 0.744. The first kappa shape index (κ1) is 14.1. The number of nitrogens with two attached hydrogens (primary N) is 2. The molecular weight excluding hydrogens is 262 g/mol. The molecule has 0 aromatic carbocycles. The zero-order valence-electron chi connectivity index (χ0n) is 9.42. The highest BCUT2D eigenvalue weighted by Gasteiger charge is 2.25. The molecule has 0 radical (unpaired) electrons. The minimum absolute atomic E-state index is 0.182. The van der Waals surface area contributed by atoms with Crippen LogP contribution in [0.15, 0.2) is 16.3 Å². The third kappa shape index (κ3) is 3.25. The van der Waals surface area contributed by atoms with E-state index >= 15 is 0 Å². The summed E-state index contributed by atoms with van der Waals surface area (Å²) >= 11 is 1.10. The van der Waals surface area contributed by atoms with Gasteiger partial charge in [-0.3, -0.25) is 4.79 Å². The minimum Gasteiger partial charge on any atom is -0.369 e. The van der Waals surface area contributed by atoms with E-state index in [0.717, 1.165) is 20.5 Å². The molecule has 0 aliphatic heterocycles. The number of carbonyl (C=O) groups excluding carboxylic acids is 1. The Bertz CT molecular complexity index is 495. The van der Waals surface area contributed by atoms with Crippen LogP contribution in [-0.2, 0) is 21.4 Å². The van der Waals surface area contributed by atoms with Gasteiger partial charge in [-0.25, -0.2) is 8.42 Å². The summed E-state index contributed by atoms with van der Waals surface area (Å²) in [5, 5.41) is 0. The van der Waals surface area contributed by atoms with E-state index in [1.165, 1.54) is 6.07 Å². The molecule has 0 unspecified atom stereocenters. The molecule has 6 nitrogen and oxygen atoms in total. The van der Waals surface area contributed by atoms with Gasteiger partial charge in [-0.2, -0.15) is 4.31 Å². The lowest BCUT2D eigenvalue weighted by molar-refractivity contribution is -0.118. The van der Waals surface area contributed by atoms with Gasteiger partial charge in [-0.05, 0) is 12.1 Å². The van der Waals surface area contributed by atoms with Crippen LogP contribution in [0.1, 0.15) is 11.8 Å². The number of amides is 1. The van der Waals surface area contributed by atoms with Crippen molar-refractivity contribution in [2.75, 3.05) is 13.1 Å². The van der Waals surface area contributed by atoms with E-state index in [0.29, 0.717) is 6.54 Å². The van der Waals surface area contributed by atoms with Gasteiger partial charge in [0.25, 0.3) is 10.0 Å². The minimum atomic E-state index is -3.64. The Morgan fingerprint density at radius 3 is 2.53 bits per heavy atom. The van der Waals surface area contributed by atoms with Crippen molar-refractivity contribution in [2.45, 2.75) is 17.7 Å². The summed E-state index contributed by atoms with van der Waals surface area (Å²) < 4.78 is 25.5. The largest absolute Gasteiger partial charge is 0.369 e. The van der Waals surface area contributed by atoms with Crippen molar-refractivity contribution in [1.29, 1.82) is 0 Å². The first-order valence-electron chi connectivity index (χ1n) is 4.99. The van der Waals surface area contributed by atoms with Gasteiger partial charge in [-0.1, -0.05) is 6.92 Å². The average molecular weight is 277 g/mol. The maximum atomic E-state index is 12.1. The Labute approximate surface area is 104 Å². The second-order valence-electron chi connectivity index (χ2n) is 3.32. The third-order valence-corrected chi connectivity index (χ3v) is 5.61. The molecule has 0 atom stereocenters. The van der Waals surface area contributed by atoms with E-state index in [1.807, 2.05) is 0 Å². The number of rotatable bonds is 6. The molecule has 0 aliphatic carbocycles. The molecule has 8 heteroatoms. The molecule has 0 bridgehead atoms. The smallest absolute Gasteiger partial charge is 0.253 e. The van der Waals surface area contributed by atoms with Crippen LogP contribution in [0.4, 0.5) is 0 Å². The van der Waals surface area contributed by atoms with Crippen LogP contribution in [0.5, 0.6) is 0 Å². The van der Waals surface area contributed by atoms with Crippen LogP contribution in [0.2, 0.25) is 0 Å². The molecule has 0 spiro atoms. The van der Waals surface area contributed by atoms with E-state index in [-0.39, 0.29) is 17.3 Å². The van der Waals surface area contributed by atoms with Crippen LogP contribution in [0.3, 0.4) is 0 Å². The maximum absolute atomic E-state index is 12.1. The van der Waals surface area contributed by atoms with Gasteiger partial charge in [0.2, 0.25) is 5.91 Å². The summed E-state index contributed by atoms with van der Waals surface area (Å²) in [7, 11) is -3.64. The summed E-state index contributed by atoms with van der Waals surface area (Å²) in [5.41, 5.74) is 10.4. The number of carbonyl (C=O) groups is 1. The Balaban J connectivity index is 3.03. The monoisotopic (exact) mass is 277 g/mol. The molecule has 96 valence electrons. The van der Waals surface area contributed by atoms with Crippen molar-refractivity contribution >= 4 is 27.3 Å². The van der Waals surface area contributed by atoms with Gasteiger partial charge in [-0.15, -0.1) is 11.3 Å². The molecule has 1 amide bonds. The highest BCUT2D eigenvalue weighted by atomic mass is 32.2. The number of hydrogen-bond donors (Lipinski definition) is 2. The highest BCUT2D eigenvalue weighted by Crippen LogP contribution is 2.24. The zero-order chi connectivity index (χ0) is 13.1. The molecule has 0 fully saturated rings. The number of likely N-dealkylation sites (N-methyl/N-ethyl adjacent to an activating group) is 1. The zero-order valence-corrected chi connectivity index (χ0v) is 11.1. The summed E-state index contributed by atoms with van der Waals surface area (Å²) in [6.07, 6.45) is 0. The first-order valence-corrected chi connectivity index (χ1v) is 7.24. The lowest BCUT2D eigenvalue weighted by atomic mass is 10.5. The van der Waals surface area contributed by atoms with Crippen LogP contribution >= 0.6 is 11.3 Å². The van der Waals surface area contributed by atoms with Gasteiger partial charge in [0.05, 0.1) is 6.54 Å². The normalized spacial score (nSPS) is 11.9. The number of sulfonamides is 1. The SMILES string of the molecule is CCN(CC(N)=O)S(=O)(=O)c1ccc(CN)s1. The number of thiophene rings is 1. The predicted octanol–water partition coefficient (Wildman–Crippen LogP) is -0.297. The Kier molecular flexibility index (Phi) is 4.63. The van der Waals surface area contributed by atoms with Crippen LogP contribution in [0, 0.1) is 0 Å². The van der Waals surface area contributed by atoms with Crippen molar-refractivity contribution in [3.05, 3.63) is 17.0 Å². The molecule has 0 saturated carbocycles. The Morgan fingerprint density at radius 1 is 1.47 bits per heavy atom. The molecule has 1 heterocycles. The lowest BCUT2D eigenvalue weighted by Crippen LogP contribution is -2.37. The standard InChI is InChI=1S/C9H15N3O3S2/c1-2-12(6-8(11)13)17(14,15)9-4-3-7(5-10)16-9/h3-4H,2,5-6,10H2,1H3,(H2,11,13). The van der Waals surface area contributed by atoms with Crippen molar-refractivity contribution in [1.82, 2.24) is 4.31 Å². The molecular formula is C9H15N3O3S2. The summed E-state index contributed by atoms with van der Waals surface area (Å²) in [4.78, 5) is 11.6. The molecule has 1 aromatic rings. The molecule has 1 rings (SSSR count). The second kappa shape index (κ2) is 5.58. The summed E-state index contributed by atoms with van der Waals surface area (Å²) in [6, 6.07) is 3.15. The van der Waals surface area contributed by atoms with Crippen molar-refractivity contribution in [3.8, 4) is 0 Å². The van der Waals surface area contributed by atoms with E-state index in [4.69, 9.17) is 11.5 Å². The van der Waals surface area contributed by atoms with E-state index in [2.05, 4.69) is 0 Å². The number of nitrogens with zero attached hydrogens (tertiary/aromatic N) is 1.